The van der Waals surface area contributed by atoms with Crippen LogP contribution in [0.3, 0.4) is 0 Å². The molecular weight excluding hydrogens is 583 g/mol. The SMILES string of the molecule is Cc1cc(C)cc(CN(c2nnn(CCN3C(=O)c4ccccc4C3=O)n2)[C@H]2CCCNc3c2cc(C)c(C(F)(F)F)c3C)c1. The molecule has 12 heteroatoms. The first-order valence-corrected chi connectivity index (χ1v) is 14.9. The fourth-order valence-corrected chi connectivity index (χ4v) is 6.69. The lowest BCUT2D eigenvalue weighted by molar-refractivity contribution is -0.138. The lowest BCUT2D eigenvalue weighted by Crippen LogP contribution is -2.33. The summed E-state index contributed by atoms with van der Waals surface area (Å²) in [6.07, 6.45) is -3.11. The lowest BCUT2D eigenvalue weighted by atomic mass is 9.91. The Morgan fingerprint density at radius 2 is 1.62 bits per heavy atom. The summed E-state index contributed by atoms with van der Waals surface area (Å²) >= 11 is 0. The van der Waals surface area contributed by atoms with Crippen LogP contribution in [0.1, 0.15) is 78.5 Å². The minimum Gasteiger partial charge on any atom is -0.385 e. The Hall–Kier alpha value is -4.74. The Kier molecular flexibility index (Phi) is 7.84. The van der Waals surface area contributed by atoms with E-state index in [0.29, 0.717) is 42.3 Å². The van der Waals surface area contributed by atoms with E-state index >= 15 is 0 Å². The molecule has 0 fully saturated rings. The van der Waals surface area contributed by atoms with E-state index in [4.69, 9.17) is 0 Å². The minimum absolute atomic E-state index is 0.0635. The maximum atomic E-state index is 14.1. The molecule has 6 rings (SSSR count). The fourth-order valence-electron chi connectivity index (χ4n) is 6.69. The van der Waals surface area contributed by atoms with Crippen molar-refractivity contribution in [3.8, 4) is 0 Å². The van der Waals surface area contributed by atoms with Crippen LogP contribution in [-0.2, 0) is 19.3 Å². The minimum atomic E-state index is -4.48. The number of rotatable bonds is 7. The van der Waals surface area contributed by atoms with Crippen molar-refractivity contribution >= 4 is 23.5 Å². The average molecular weight is 618 g/mol. The maximum absolute atomic E-state index is 14.1. The van der Waals surface area contributed by atoms with E-state index in [-0.39, 0.29) is 42.1 Å². The van der Waals surface area contributed by atoms with E-state index < -0.39 is 11.7 Å². The number of imide groups is 1. The highest BCUT2D eigenvalue weighted by Gasteiger charge is 2.38. The monoisotopic (exact) mass is 617 g/mol. The van der Waals surface area contributed by atoms with Gasteiger partial charge in [0.2, 0.25) is 0 Å². The van der Waals surface area contributed by atoms with Crippen molar-refractivity contribution in [2.24, 2.45) is 0 Å². The molecule has 1 aromatic heterocycles. The van der Waals surface area contributed by atoms with Gasteiger partial charge in [0.1, 0.15) is 0 Å². The molecule has 1 N–H and O–H groups in total. The van der Waals surface area contributed by atoms with Gasteiger partial charge in [-0.1, -0.05) is 52.6 Å². The number of anilines is 2. The van der Waals surface area contributed by atoms with Crippen LogP contribution in [0.4, 0.5) is 24.8 Å². The number of nitrogens with one attached hydrogen (secondary N) is 1. The van der Waals surface area contributed by atoms with E-state index in [0.717, 1.165) is 28.7 Å². The topological polar surface area (TPSA) is 96.3 Å². The number of halogens is 3. The zero-order valence-electron chi connectivity index (χ0n) is 25.6. The van der Waals surface area contributed by atoms with Crippen LogP contribution in [0.5, 0.6) is 0 Å². The average Bonchev–Trinajstić information content (AvgIpc) is 3.45. The second-order valence-corrected chi connectivity index (χ2v) is 11.9. The third-order valence-electron chi connectivity index (χ3n) is 8.52. The first kappa shape index (κ1) is 30.3. The quantitative estimate of drug-likeness (QED) is 0.248. The van der Waals surface area contributed by atoms with Crippen LogP contribution in [0.2, 0.25) is 0 Å². The molecule has 0 saturated carbocycles. The number of amides is 2. The summed E-state index contributed by atoms with van der Waals surface area (Å²) in [7, 11) is 0. The normalized spacial score (nSPS) is 16.3. The van der Waals surface area contributed by atoms with Crippen LogP contribution < -0.4 is 10.2 Å². The Bertz CT molecular complexity index is 1740. The first-order chi connectivity index (χ1) is 21.4. The van der Waals surface area contributed by atoms with Crippen LogP contribution in [0.15, 0.2) is 48.5 Å². The molecular formula is C33H34F3N7O2. The van der Waals surface area contributed by atoms with Gasteiger partial charge < -0.3 is 10.2 Å². The van der Waals surface area contributed by atoms with Crippen LogP contribution in [-0.4, -0.2) is 50.0 Å². The third-order valence-corrected chi connectivity index (χ3v) is 8.52. The Morgan fingerprint density at radius 1 is 0.956 bits per heavy atom. The molecule has 3 aromatic carbocycles. The number of tetrazole rings is 1. The molecule has 0 saturated heterocycles. The molecule has 2 aliphatic rings. The van der Waals surface area contributed by atoms with Crippen LogP contribution in [0.25, 0.3) is 0 Å². The van der Waals surface area contributed by atoms with Crippen LogP contribution in [0, 0.1) is 27.7 Å². The Balaban J connectivity index is 1.35. The van der Waals surface area contributed by atoms with Crippen molar-refractivity contribution in [2.75, 3.05) is 23.3 Å². The summed E-state index contributed by atoms with van der Waals surface area (Å²) in [4.78, 5) is 30.2. The zero-order chi connectivity index (χ0) is 32.0. The largest absolute Gasteiger partial charge is 0.416 e. The number of carbonyl (C=O) groups excluding carboxylic acids is 2. The highest BCUT2D eigenvalue weighted by molar-refractivity contribution is 6.21. The molecule has 1 atom stereocenters. The molecule has 0 radical (unpaired) electrons. The summed E-state index contributed by atoms with van der Waals surface area (Å²) in [5.74, 6) is -0.414. The summed E-state index contributed by atoms with van der Waals surface area (Å²) in [6, 6.07) is 14.2. The molecule has 0 unspecified atom stereocenters. The number of benzene rings is 3. The van der Waals surface area contributed by atoms with Gasteiger partial charge in [-0.3, -0.25) is 14.5 Å². The van der Waals surface area contributed by atoms with Gasteiger partial charge in [0.25, 0.3) is 17.8 Å². The van der Waals surface area contributed by atoms with Crippen molar-refractivity contribution in [2.45, 2.75) is 65.8 Å². The van der Waals surface area contributed by atoms with E-state index in [1.807, 2.05) is 18.7 Å². The molecule has 3 heterocycles. The van der Waals surface area contributed by atoms with Crippen molar-refractivity contribution in [3.63, 3.8) is 0 Å². The molecule has 0 spiro atoms. The summed E-state index contributed by atoms with van der Waals surface area (Å²) in [6.45, 7) is 8.18. The number of aryl methyl sites for hydroxylation is 3. The molecule has 0 bridgehead atoms. The summed E-state index contributed by atoms with van der Waals surface area (Å²) < 4.78 is 42.2. The smallest absolute Gasteiger partial charge is 0.385 e. The van der Waals surface area contributed by atoms with E-state index in [2.05, 4.69) is 38.9 Å². The van der Waals surface area contributed by atoms with Gasteiger partial charge in [0.05, 0.1) is 35.8 Å². The van der Waals surface area contributed by atoms with Crippen LogP contribution >= 0.6 is 0 Å². The number of alkyl halides is 3. The molecule has 45 heavy (non-hydrogen) atoms. The number of carbonyl (C=O) groups is 2. The van der Waals surface area contributed by atoms with E-state index in [1.165, 1.54) is 23.5 Å². The fraction of sp³-hybridized carbons (Fsp3) is 0.364. The number of fused-ring (bicyclic) bond motifs is 2. The van der Waals surface area contributed by atoms with Crippen molar-refractivity contribution in [1.82, 2.24) is 25.1 Å². The lowest BCUT2D eigenvalue weighted by Gasteiger charge is -2.32. The molecule has 9 nitrogen and oxygen atoms in total. The van der Waals surface area contributed by atoms with Gasteiger partial charge in [-0.2, -0.15) is 18.0 Å². The number of nitrogens with zero attached hydrogens (tertiary/aromatic N) is 6. The van der Waals surface area contributed by atoms with Gasteiger partial charge in [-0.15, -0.1) is 5.10 Å². The number of aromatic nitrogens is 4. The van der Waals surface area contributed by atoms with Gasteiger partial charge >= 0.3 is 6.18 Å². The van der Waals surface area contributed by atoms with Gasteiger partial charge in [-0.05, 0) is 80.1 Å². The highest BCUT2D eigenvalue weighted by Crippen LogP contribution is 2.44. The predicted molar refractivity (Wildman–Crippen MR) is 163 cm³/mol. The first-order valence-electron chi connectivity index (χ1n) is 14.9. The highest BCUT2D eigenvalue weighted by atomic mass is 19.4. The molecule has 0 aliphatic carbocycles. The summed E-state index contributed by atoms with van der Waals surface area (Å²) in [5, 5.41) is 16.6. The number of hydrogen-bond donors (Lipinski definition) is 1. The van der Waals surface area contributed by atoms with Crippen molar-refractivity contribution in [1.29, 1.82) is 0 Å². The Morgan fingerprint density at radius 3 is 2.27 bits per heavy atom. The maximum Gasteiger partial charge on any atom is 0.416 e. The van der Waals surface area contributed by atoms with Gasteiger partial charge in [0, 0.05) is 18.8 Å². The van der Waals surface area contributed by atoms with Crippen molar-refractivity contribution in [3.05, 3.63) is 98.6 Å². The van der Waals surface area contributed by atoms with E-state index in [1.54, 1.807) is 30.3 Å². The second-order valence-electron chi connectivity index (χ2n) is 11.9. The van der Waals surface area contributed by atoms with Gasteiger partial charge in [-0.25, -0.2) is 0 Å². The standard InChI is InChI=1S/C33H34F3N7O2/c1-19-14-20(2)16-23(15-19)18-42(27-10-7-11-37-29-22(4)28(33(34,35)36)21(3)17-26(27)29)32-38-40-43(39-32)13-12-41-30(44)24-8-5-6-9-25(24)31(41)45/h5-6,8-9,14-17,27,37H,7,10-13,18H2,1-4H3/t27-/m0/s1. The van der Waals surface area contributed by atoms with Gasteiger partial charge in [0.15, 0.2) is 0 Å². The predicted octanol–water partition coefficient (Wildman–Crippen LogP) is 6.18. The molecule has 4 aromatic rings. The zero-order valence-corrected chi connectivity index (χ0v) is 25.6. The second kappa shape index (κ2) is 11.6. The summed E-state index contributed by atoms with van der Waals surface area (Å²) in [5.41, 5.74) is 4.88. The van der Waals surface area contributed by atoms with Crippen molar-refractivity contribution < 1.29 is 22.8 Å². The molecule has 2 amide bonds. The third kappa shape index (κ3) is 5.76. The molecule has 2 aliphatic heterocycles. The number of hydrogen-bond acceptors (Lipinski definition) is 7. The van der Waals surface area contributed by atoms with E-state index in [9.17, 15) is 22.8 Å². The Labute approximate surface area is 259 Å². The molecule has 234 valence electrons.